The first-order valence-corrected chi connectivity index (χ1v) is 8.90. The van der Waals surface area contributed by atoms with Gasteiger partial charge >= 0.3 is 6.18 Å². The molecule has 30 heavy (non-hydrogen) atoms. The fourth-order valence-corrected chi connectivity index (χ4v) is 2.48. The van der Waals surface area contributed by atoms with E-state index in [9.17, 15) is 22.4 Å². The predicted molar refractivity (Wildman–Crippen MR) is 97.9 cm³/mol. The summed E-state index contributed by atoms with van der Waals surface area (Å²) in [5, 5.41) is 2.66. The molecule has 1 amide bonds. The van der Waals surface area contributed by atoms with E-state index in [0.29, 0.717) is 22.8 Å². The van der Waals surface area contributed by atoms with Crippen molar-refractivity contribution in [1.29, 1.82) is 0 Å². The van der Waals surface area contributed by atoms with E-state index in [-0.39, 0.29) is 37.0 Å². The maximum absolute atomic E-state index is 13.0. The molecule has 1 aromatic carbocycles. The van der Waals surface area contributed by atoms with Gasteiger partial charge in [0, 0.05) is 37.2 Å². The van der Waals surface area contributed by atoms with Crippen LogP contribution in [0.1, 0.15) is 17.9 Å². The van der Waals surface area contributed by atoms with Crippen LogP contribution in [0, 0.1) is 5.82 Å². The first-order valence-electron chi connectivity index (χ1n) is 8.90. The van der Waals surface area contributed by atoms with Crippen LogP contribution in [0.2, 0.25) is 0 Å². The number of carbonyl (C=O) groups excluding carboxylic acids is 1. The smallest absolute Gasteiger partial charge is 0.422 e. The average Bonchev–Trinajstić information content (AvgIpc) is 3.19. The molecule has 3 rings (SSSR count). The molecule has 0 aliphatic rings. The number of hydrogen-bond donors (Lipinski definition) is 1. The summed E-state index contributed by atoms with van der Waals surface area (Å²) >= 11 is 0. The highest BCUT2D eigenvalue weighted by atomic mass is 19.4. The minimum atomic E-state index is -4.46. The van der Waals surface area contributed by atoms with Gasteiger partial charge in [-0.2, -0.15) is 13.2 Å². The third-order valence-electron chi connectivity index (χ3n) is 3.92. The summed E-state index contributed by atoms with van der Waals surface area (Å²) in [4.78, 5) is 19.8. The van der Waals surface area contributed by atoms with Crippen molar-refractivity contribution in [2.75, 3.05) is 6.61 Å². The van der Waals surface area contributed by atoms with E-state index in [1.165, 1.54) is 30.6 Å². The van der Waals surface area contributed by atoms with E-state index >= 15 is 0 Å². The van der Waals surface area contributed by atoms with Crippen LogP contribution in [-0.2, 0) is 17.8 Å². The third-order valence-corrected chi connectivity index (χ3v) is 3.92. The Balaban J connectivity index is 1.46. The number of amides is 1. The van der Waals surface area contributed by atoms with Gasteiger partial charge in [-0.25, -0.2) is 14.4 Å². The van der Waals surface area contributed by atoms with Gasteiger partial charge in [-0.05, 0) is 35.9 Å². The fourth-order valence-electron chi connectivity index (χ4n) is 2.48. The molecule has 0 saturated carbocycles. The van der Waals surface area contributed by atoms with Crippen molar-refractivity contribution in [2.24, 2.45) is 0 Å². The van der Waals surface area contributed by atoms with Crippen LogP contribution in [0.25, 0.3) is 11.3 Å². The second kappa shape index (κ2) is 9.38. The number of nitrogens with one attached hydrogen (secondary N) is 1. The van der Waals surface area contributed by atoms with Crippen molar-refractivity contribution in [2.45, 2.75) is 25.6 Å². The monoisotopic (exact) mass is 423 g/mol. The molecule has 0 spiro atoms. The Hall–Kier alpha value is -3.43. The molecular weight excluding hydrogens is 406 g/mol. The standard InChI is InChI=1S/C20H17F4N3O3/c21-15-3-1-14(2-4-15)16-11-27-18(30-16)6-5-17(28)26-10-13-7-8-25-19(9-13)29-12-20(22,23)24/h1-4,7-9,11H,5-6,10,12H2,(H,26,28). The van der Waals surface area contributed by atoms with Gasteiger partial charge in [0.15, 0.2) is 18.3 Å². The van der Waals surface area contributed by atoms with Crippen LogP contribution < -0.4 is 10.1 Å². The maximum atomic E-state index is 13.0. The van der Waals surface area contributed by atoms with Crippen LogP contribution >= 0.6 is 0 Å². The van der Waals surface area contributed by atoms with Gasteiger partial charge in [0.1, 0.15) is 5.82 Å². The highest BCUT2D eigenvalue weighted by Crippen LogP contribution is 2.21. The minimum absolute atomic E-state index is 0.103. The number of carbonyl (C=O) groups is 1. The van der Waals surface area contributed by atoms with Gasteiger partial charge in [0.05, 0.1) is 6.20 Å². The zero-order valence-corrected chi connectivity index (χ0v) is 15.6. The number of aryl methyl sites for hydroxylation is 1. The summed E-state index contributed by atoms with van der Waals surface area (Å²) in [5.41, 5.74) is 1.21. The molecule has 0 saturated heterocycles. The summed E-state index contributed by atoms with van der Waals surface area (Å²) in [6.07, 6.45) is -1.30. The zero-order chi connectivity index (χ0) is 21.6. The quantitative estimate of drug-likeness (QED) is 0.553. The van der Waals surface area contributed by atoms with E-state index in [2.05, 4.69) is 20.0 Å². The second-order valence-corrected chi connectivity index (χ2v) is 6.31. The number of ether oxygens (including phenoxy) is 1. The molecule has 158 valence electrons. The number of aromatic nitrogens is 2. The fraction of sp³-hybridized carbons (Fsp3) is 0.250. The average molecular weight is 423 g/mol. The predicted octanol–water partition coefficient (Wildman–Crippen LogP) is 4.07. The Kier molecular flexibility index (Phi) is 6.65. The summed E-state index contributed by atoms with van der Waals surface area (Å²) in [6.45, 7) is -1.33. The third kappa shape index (κ3) is 6.57. The van der Waals surface area contributed by atoms with Crippen molar-refractivity contribution < 1.29 is 31.5 Å². The molecule has 0 aliphatic heterocycles. The largest absolute Gasteiger partial charge is 0.468 e. The van der Waals surface area contributed by atoms with Crippen molar-refractivity contribution in [3.8, 4) is 17.2 Å². The Morgan fingerprint density at radius 3 is 2.63 bits per heavy atom. The molecule has 0 unspecified atom stereocenters. The summed E-state index contributed by atoms with van der Waals surface area (Å²) < 4.78 is 59.7. The molecule has 0 bridgehead atoms. The first-order chi connectivity index (χ1) is 14.3. The lowest BCUT2D eigenvalue weighted by atomic mass is 10.2. The van der Waals surface area contributed by atoms with E-state index in [1.54, 1.807) is 18.2 Å². The normalized spacial score (nSPS) is 11.3. The van der Waals surface area contributed by atoms with E-state index in [0.717, 1.165) is 0 Å². The van der Waals surface area contributed by atoms with Crippen LogP contribution in [0.15, 0.2) is 53.2 Å². The van der Waals surface area contributed by atoms with Crippen molar-refractivity contribution >= 4 is 5.91 Å². The summed E-state index contributed by atoms with van der Waals surface area (Å²) in [7, 11) is 0. The van der Waals surface area contributed by atoms with Gasteiger partial charge in [-0.3, -0.25) is 4.79 Å². The number of pyridine rings is 1. The van der Waals surface area contributed by atoms with Gasteiger partial charge in [0.2, 0.25) is 11.8 Å². The molecule has 0 radical (unpaired) electrons. The lowest BCUT2D eigenvalue weighted by Gasteiger charge is -2.09. The Labute approximate surface area is 168 Å². The lowest BCUT2D eigenvalue weighted by molar-refractivity contribution is -0.154. The summed E-state index contributed by atoms with van der Waals surface area (Å²) in [6, 6.07) is 8.63. The highest BCUT2D eigenvalue weighted by Gasteiger charge is 2.28. The van der Waals surface area contributed by atoms with Crippen LogP contribution in [-0.4, -0.2) is 28.7 Å². The van der Waals surface area contributed by atoms with E-state index < -0.39 is 12.8 Å². The molecule has 2 heterocycles. The SMILES string of the molecule is O=C(CCc1ncc(-c2ccc(F)cc2)o1)NCc1ccnc(OCC(F)(F)F)c1. The topological polar surface area (TPSA) is 77.3 Å². The number of rotatable bonds is 8. The van der Waals surface area contributed by atoms with E-state index in [4.69, 9.17) is 4.42 Å². The van der Waals surface area contributed by atoms with Crippen molar-refractivity contribution in [3.63, 3.8) is 0 Å². The van der Waals surface area contributed by atoms with Crippen LogP contribution in [0.5, 0.6) is 5.88 Å². The molecule has 6 nitrogen and oxygen atoms in total. The number of nitrogens with zero attached hydrogens (tertiary/aromatic N) is 2. The second-order valence-electron chi connectivity index (χ2n) is 6.31. The van der Waals surface area contributed by atoms with Crippen LogP contribution in [0.4, 0.5) is 17.6 Å². The van der Waals surface area contributed by atoms with Crippen molar-refractivity contribution in [1.82, 2.24) is 15.3 Å². The number of hydrogen-bond acceptors (Lipinski definition) is 5. The van der Waals surface area contributed by atoms with E-state index in [1.807, 2.05) is 0 Å². The van der Waals surface area contributed by atoms with Gasteiger partial charge in [0.25, 0.3) is 0 Å². The highest BCUT2D eigenvalue weighted by molar-refractivity contribution is 5.76. The Morgan fingerprint density at radius 1 is 1.13 bits per heavy atom. The summed E-state index contributed by atoms with van der Waals surface area (Å²) in [5.74, 6) is 0.00600. The molecule has 3 aromatic rings. The molecular formula is C20H17F4N3O3. The van der Waals surface area contributed by atoms with Crippen LogP contribution in [0.3, 0.4) is 0 Å². The molecule has 0 aliphatic carbocycles. The number of alkyl halides is 3. The van der Waals surface area contributed by atoms with Crippen molar-refractivity contribution in [3.05, 3.63) is 66.1 Å². The molecule has 2 aromatic heterocycles. The molecule has 0 atom stereocenters. The first kappa shape index (κ1) is 21.3. The van der Waals surface area contributed by atoms with Gasteiger partial charge in [-0.1, -0.05) is 0 Å². The van der Waals surface area contributed by atoms with Gasteiger partial charge in [-0.15, -0.1) is 0 Å². The number of benzene rings is 1. The number of oxazole rings is 1. The maximum Gasteiger partial charge on any atom is 0.422 e. The zero-order valence-electron chi connectivity index (χ0n) is 15.6. The number of halogens is 4. The lowest BCUT2D eigenvalue weighted by Crippen LogP contribution is -2.23. The van der Waals surface area contributed by atoms with Gasteiger partial charge < -0.3 is 14.5 Å². The Morgan fingerprint density at radius 2 is 1.90 bits per heavy atom. The minimum Gasteiger partial charge on any atom is -0.468 e. The Bertz CT molecular complexity index is 987. The molecule has 0 fully saturated rings. The molecule has 1 N–H and O–H groups in total. The molecule has 10 heteroatoms.